The number of nitrogens with zero attached hydrogens (tertiary/aromatic N) is 4. The first kappa shape index (κ1) is 16.0. The number of nitrogens with one attached hydrogen (secondary N) is 1. The second-order valence-corrected chi connectivity index (χ2v) is 6.45. The average Bonchev–Trinajstić information content (AvgIpc) is 2.46. The summed E-state index contributed by atoms with van der Waals surface area (Å²) >= 11 is 0. The van der Waals surface area contributed by atoms with Gasteiger partial charge in [0, 0.05) is 25.2 Å². The van der Waals surface area contributed by atoms with Gasteiger partial charge in [0.2, 0.25) is 0 Å². The fourth-order valence-corrected chi connectivity index (χ4v) is 3.13. The topological polar surface area (TPSA) is 70.3 Å². The van der Waals surface area contributed by atoms with Gasteiger partial charge in [-0.1, -0.05) is 13.8 Å². The summed E-state index contributed by atoms with van der Waals surface area (Å²) < 4.78 is 0. The molecule has 1 aromatic heterocycles. The molecule has 0 saturated carbocycles. The lowest BCUT2D eigenvalue weighted by molar-refractivity contribution is 0.284. The summed E-state index contributed by atoms with van der Waals surface area (Å²) in [6, 6.07) is 0. The second-order valence-electron chi connectivity index (χ2n) is 6.45. The van der Waals surface area contributed by atoms with Crippen LogP contribution in [0, 0.1) is 5.92 Å². The van der Waals surface area contributed by atoms with Crippen molar-refractivity contribution >= 4 is 11.6 Å². The predicted molar refractivity (Wildman–Crippen MR) is 87.4 cm³/mol. The largest absolute Gasteiger partial charge is 0.356 e. The third-order valence-corrected chi connectivity index (χ3v) is 4.11. The van der Waals surface area contributed by atoms with Crippen LogP contribution in [0.15, 0.2) is 6.33 Å². The van der Waals surface area contributed by atoms with Gasteiger partial charge in [-0.05, 0) is 38.8 Å². The van der Waals surface area contributed by atoms with Gasteiger partial charge in [-0.15, -0.1) is 0 Å². The SMILES string of the molecule is CC(C)c1c(NN)ncnc1N1CCC(CN(C)C)CC1. The zero-order chi connectivity index (χ0) is 15.4. The smallest absolute Gasteiger partial charge is 0.148 e. The molecule has 6 heteroatoms. The van der Waals surface area contributed by atoms with E-state index in [2.05, 4.69) is 53.1 Å². The van der Waals surface area contributed by atoms with Crippen LogP contribution >= 0.6 is 0 Å². The molecule has 2 rings (SSSR count). The van der Waals surface area contributed by atoms with Crippen LogP contribution < -0.4 is 16.2 Å². The lowest BCUT2D eigenvalue weighted by Crippen LogP contribution is -2.38. The van der Waals surface area contributed by atoms with Crippen molar-refractivity contribution in [3.63, 3.8) is 0 Å². The Morgan fingerprint density at radius 2 is 2.00 bits per heavy atom. The van der Waals surface area contributed by atoms with E-state index in [1.165, 1.54) is 19.4 Å². The van der Waals surface area contributed by atoms with Crippen LogP contribution in [0.3, 0.4) is 0 Å². The minimum atomic E-state index is 0.340. The minimum Gasteiger partial charge on any atom is -0.356 e. The monoisotopic (exact) mass is 292 g/mol. The van der Waals surface area contributed by atoms with Crippen LogP contribution in [0.25, 0.3) is 0 Å². The summed E-state index contributed by atoms with van der Waals surface area (Å²) in [6.45, 7) is 7.59. The lowest BCUT2D eigenvalue weighted by atomic mass is 9.95. The summed E-state index contributed by atoms with van der Waals surface area (Å²) in [7, 11) is 4.29. The molecule has 1 fully saturated rings. The number of hydrogen-bond donors (Lipinski definition) is 2. The molecule has 1 aliphatic rings. The molecule has 118 valence electrons. The number of aromatic nitrogens is 2. The van der Waals surface area contributed by atoms with Gasteiger partial charge in [-0.2, -0.15) is 0 Å². The molecule has 0 radical (unpaired) electrons. The average molecular weight is 292 g/mol. The Morgan fingerprint density at radius 1 is 1.33 bits per heavy atom. The van der Waals surface area contributed by atoms with Gasteiger partial charge in [0.25, 0.3) is 0 Å². The predicted octanol–water partition coefficient (Wildman–Crippen LogP) is 1.66. The molecule has 6 nitrogen and oxygen atoms in total. The number of hydrogen-bond acceptors (Lipinski definition) is 6. The number of piperidine rings is 1. The molecule has 0 spiro atoms. The Morgan fingerprint density at radius 3 is 2.52 bits per heavy atom. The van der Waals surface area contributed by atoms with E-state index >= 15 is 0 Å². The third-order valence-electron chi connectivity index (χ3n) is 4.11. The minimum absolute atomic E-state index is 0.340. The Kier molecular flexibility index (Phi) is 5.36. The van der Waals surface area contributed by atoms with Crippen molar-refractivity contribution in [1.29, 1.82) is 0 Å². The van der Waals surface area contributed by atoms with Crippen LogP contribution in [0.2, 0.25) is 0 Å². The van der Waals surface area contributed by atoms with Crippen molar-refractivity contribution in [2.75, 3.05) is 44.1 Å². The highest BCUT2D eigenvalue weighted by Crippen LogP contribution is 2.32. The fraction of sp³-hybridized carbons (Fsp3) is 0.733. The molecular weight excluding hydrogens is 264 g/mol. The number of nitrogen functional groups attached to an aromatic ring is 1. The van der Waals surface area contributed by atoms with Gasteiger partial charge in [0.05, 0.1) is 0 Å². The first-order chi connectivity index (χ1) is 10.0. The number of rotatable bonds is 5. The van der Waals surface area contributed by atoms with Gasteiger partial charge in [0.15, 0.2) is 0 Å². The molecule has 0 unspecified atom stereocenters. The van der Waals surface area contributed by atoms with Gasteiger partial charge in [0.1, 0.15) is 18.0 Å². The maximum absolute atomic E-state index is 5.60. The first-order valence-corrected chi connectivity index (χ1v) is 7.74. The molecule has 2 heterocycles. The summed E-state index contributed by atoms with van der Waals surface area (Å²) in [5.74, 6) is 8.50. The van der Waals surface area contributed by atoms with E-state index in [9.17, 15) is 0 Å². The zero-order valence-corrected chi connectivity index (χ0v) is 13.6. The van der Waals surface area contributed by atoms with Gasteiger partial charge in [-0.3, -0.25) is 0 Å². The van der Waals surface area contributed by atoms with Crippen LogP contribution in [-0.4, -0.2) is 48.6 Å². The summed E-state index contributed by atoms with van der Waals surface area (Å²) in [6.07, 6.45) is 4.03. The van der Waals surface area contributed by atoms with Crippen LogP contribution in [0.1, 0.15) is 38.2 Å². The van der Waals surface area contributed by atoms with Gasteiger partial charge < -0.3 is 15.2 Å². The normalized spacial score (nSPS) is 16.8. The van der Waals surface area contributed by atoms with Crippen molar-refractivity contribution < 1.29 is 0 Å². The van der Waals surface area contributed by atoms with Gasteiger partial charge >= 0.3 is 0 Å². The van der Waals surface area contributed by atoms with Crippen molar-refractivity contribution in [1.82, 2.24) is 14.9 Å². The zero-order valence-electron chi connectivity index (χ0n) is 13.6. The molecule has 3 N–H and O–H groups in total. The first-order valence-electron chi connectivity index (χ1n) is 7.74. The van der Waals surface area contributed by atoms with Crippen molar-refractivity contribution in [3.05, 3.63) is 11.9 Å². The standard InChI is InChI=1S/C15H28N6/c1-11(2)13-14(19-16)17-10-18-15(13)21-7-5-12(6-8-21)9-20(3)4/h10-12H,5-9,16H2,1-4H3,(H,17,18,19). The summed E-state index contributed by atoms with van der Waals surface area (Å²) in [5.41, 5.74) is 3.82. The fourth-order valence-electron chi connectivity index (χ4n) is 3.13. The highest BCUT2D eigenvalue weighted by atomic mass is 15.3. The molecule has 21 heavy (non-hydrogen) atoms. The van der Waals surface area contributed by atoms with Crippen molar-refractivity contribution in [2.24, 2.45) is 11.8 Å². The third kappa shape index (κ3) is 3.83. The van der Waals surface area contributed by atoms with Crippen LogP contribution in [0.5, 0.6) is 0 Å². The maximum atomic E-state index is 5.60. The quantitative estimate of drug-likeness (QED) is 0.635. The Labute approximate surface area is 127 Å². The Bertz CT molecular complexity index is 451. The molecule has 0 aromatic carbocycles. The van der Waals surface area contributed by atoms with Crippen LogP contribution in [-0.2, 0) is 0 Å². The second kappa shape index (κ2) is 7.04. The van der Waals surface area contributed by atoms with E-state index in [0.29, 0.717) is 5.92 Å². The number of hydrazine groups is 1. The molecule has 1 aliphatic heterocycles. The Hall–Kier alpha value is -1.40. The van der Waals surface area contributed by atoms with E-state index in [4.69, 9.17) is 5.84 Å². The molecule has 1 saturated heterocycles. The van der Waals surface area contributed by atoms with Crippen LogP contribution in [0.4, 0.5) is 11.6 Å². The summed E-state index contributed by atoms with van der Waals surface area (Å²) in [4.78, 5) is 13.4. The summed E-state index contributed by atoms with van der Waals surface area (Å²) in [5, 5.41) is 0. The number of nitrogens with two attached hydrogens (primary N) is 1. The van der Waals surface area contributed by atoms with E-state index in [0.717, 1.165) is 36.2 Å². The highest BCUT2D eigenvalue weighted by molar-refractivity contribution is 5.60. The Balaban J connectivity index is 2.13. The van der Waals surface area contributed by atoms with E-state index in [1.54, 1.807) is 6.33 Å². The maximum Gasteiger partial charge on any atom is 0.148 e. The van der Waals surface area contributed by atoms with E-state index in [1.807, 2.05) is 0 Å². The molecular formula is C15H28N6. The van der Waals surface area contributed by atoms with E-state index < -0.39 is 0 Å². The molecule has 0 amide bonds. The lowest BCUT2D eigenvalue weighted by Gasteiger charge is -2.35. The molecule has 0 aliphatic carbocycles. The molecule has 0 atom stereocenters. The van der Waals surface area contributed by atoms with Gasteiger partial charge in [-0.25, -0.2) is 15.8 Å². The molecule has 1 aromatic rings. The van der Waals surface area contributed by atoms with Crippen molar-refractivity contribution in [2.45, 2.75) is 32.6 Å². The van der Waals surface area contributed by atoms with E-state index in [-0.39, 0.29) is 0 Å². The molecule has 0 bridgehead atoms. The van der Waals surface area contributed by atoms with Crippen molar-refractivity contribution in [3.8, 4) is 0 Å². The highest BCUT2D eigenvalue weighted by Gasteiger charge is 2.24. The number of anilines is 2.